The summed E-state index contributed by atoms with van der Waals surface area (Å²) in [6.07, 6.45) is 1.03. The zero-order valence-electron chi connectivity index (χ0n) is 13.2. The van der Waals surface area contributed by atoms with Gasteiger partial charge in [-0.05, 0) is 57.5 Å². The molecule has 1 aromatic heterocycles. The molecule has 0 saturated carbocycles. The van der Waals surface area contributed by atoms with Crippen LogP contribution < -0.4 is 5.32 Å². The highest BCUT2D eigenvalue weighted by atomic mass is 16.2. The van der Waals surface area contributed by atoms with Crippen LogP contribution in [0.5, 0.6) is 0 Å². The average molecular weight is 285 g/mol. The van der Waals surface area contributed by atoms with Crippen LogP contribution in [-0.4, -0.2) is 42.0 Å². The van der Waals surface area contributed by atoms with Gasteiger partial charge in [-0.3, -0.25) is 4.79 Å². The predicted octanol–water partition coefficient (Wildman–Crippen LogP) is 2.53. The first-order chi connectivity index (χ1) is 9.97. The largest absolute Gasteiger partial charge is 0.350 e. The number of fused-ring (bicyclic) bond motifs is 1. The molecule has 0 aliphatic carbocycles. The van der Waals surface area contributed by atoms with Crippen LogP contribution in [0.1, 0.15) is 33.6 Å². The quantitative estimate of drug-likeness (QED) is 0.891. The monoisotopic (exact) mass is 285 g/mol. The lowest BCUT2D eigenvalue weighted by atomic mass is 10.0. The van der Waals surface area contributed by atoms with E-state index in [9.17, 15) is 4.79 Å². The number of rotatable bonds is 2. The number of H-pyrrole nitrogens is 1. The topological polar surface area (TPSA) is 48.1 Å². The lowest BCUT2D eigenvalue weighted by Crippen LogP contribution is -2.36. The molecule has 2 N–H and O–H groups in total. The minimum Gasteiger partial charge on any atom is -0.350 e. The Bertz CT molecular complexity index is 702. The van der Waals surface area contributed by atoms with E-state index in [4.69, 9.17) is 0 Å². The fourth-order valence-corrected chi connectivity index (χ4v) is 3.34. The van der Waals surface area contributed by atoms with Crippen LogP contribution in [0.3, 0.4) is 0 Å². The van der Waals surface area contributed by atoms with E-state index in [1.165, 1.54) is 16.5 Å². The maximum absolute atomic E-state index is 12.6. The van der Waals surface area contributed by atoms with Crippen molar-refractivity contribution >= 4 is 16.8 Å². The van der Waals surface area contributed by atoms with Crippen molar-refractivity contribution < 1.29 is 4.79 Å². The van der Waals surface area contributed by atoms with Crippen LogP contribution in [0.4, 0.5) is 0 Å². The van der Waals surface area contributed by atoms with Gasteiger partial charge in [-0.1, -0.05) is 12.1 Å². The van der Waals surface area contributed by atoms with Crippen LogP contribution in [0, 0.1) is 20.8 Å². The van der Waals surface area contributed by atoms with Crippen molar-refractivity contribution in [1.82, 2.24) is 15.2 Å². The van der Waals surface area contributed by atoms with Gasteiger partial charge in [0.2, 0.25) is 0 Å². The molecule has 1 aliphatic rings. The molecule has 0 spiro atoms. The predicted molar refractivity (Wildman–Crippen MR) is 85.9 cm³/mol. The second kappa shape index (κ2) is 5.19. The summed E-state index contributed by atoms with van der Waals surface area (Å²) in [5.74, 6) is 0.0165. The van der Waals surface area contributed by atoms with Crippen molar-refractivity contribution in [2.24, 2.45) is 0 Å². The molecule has 1 atom stereocenters. The Kier molecular flexibility index (Phi) is 3.49. The van der Waals surface area contributed by atoms with E-state index in [2.05, 4.69) is 48.2 Å². The number of likely N-dealkylation sites (tertiary alicyclic amines) is 1. The van der Waals surface area contributed by atoms with Crippen molar-refractivity contribution in [2.45, 2.75) is 33.2 Å². The molecule has 21 heavy (non-hydrogen) atoms. The zero-order valence-corrected chi connectivity index (χ0v) is 13.2. The van der Waals surface area contributed by atoms with E-state index in [0.717, 1.165) is 30.6 Å². The molecular weight excluding hydrogens is 262 g/mol. The highest BCUT2D eigenvalue weighted by Gasteiger charge is 2.24. The fraction of sp³-hybridized carbons (Fsp3) is 0.471. The molecule has 0 unspecified atom stereocenters. The van der Waals surface area contributed by atoms with Crippen molar-refractivity contribution in [2.75, 3.05) is 20.1 Å². The third kappa shape index (κ3) is 2.44. The summed E-state index contributed by atoms with van der Waals surface area (Å²) in [6, 6.07) is 4.48. The van der Waals surface area contributed by atoms with E-state index >= 15 is 0 Å². The van der Waals surface area contributed by atoms with Gasteiger partial charge in [-0.25, -0.2) is 0 Å². The van der Waals surface area contributed by atoms with Gasteiger partial charge in [0, 0.05) is 23.5 Å². The molecule has 2 aromatic rings. The molecule has 2 heterocycles. The number of likely N-dealkylation sites (N-methyl/N-ethyl adjacent to an activating group) is 1. The van der Waals surface area contributed by atoms with E-state index in [1.807, 2.05) is 6.92 Å². The van der Waals surface area contributed by atoms with Crippen LogP contribution >= 0.6 is 0 Å². The molecule has 4 nitrogen and oxygen atoms in total. The number of carbonyl (C=O) groups excluding carboxylic acids is 1. The van der Waals surface area contributed by atoms with Crippen molar-refractivity contribution in [3.05, 3.63) is 34.5 Å². The molecule has 4 heteroatoms. The molecule has 0 radical (unpaired) electrons. The summed E-state index contributed by atoms with van der Waals surface area (Å²) < 4.78 is 0. The summed E-state index contributed by atoms with van der Waals surface area (Å²) in [5.41, 5.74) is 5.23. The summed E-state index contributed by atoms with van der Waals surface area (Å²) >= 11 is 0. The Morgan fingerprint density at radius 1 is 1.29 bits per heavy atom. The maximum Gasteiger partial charge on any atom is 0.268 e. The second-order valence-electron chi connectivity index (χ2n) is 6.30. The third-order valence-electron chi connectivity index (χ3n) is 4.58. The Balaban J connectivity index is 1.93. The maximum atomic E-state index is 12.6. The molecule has 1 fully saturated rings. The summed E-state index contributed by atoms with van der Waals surface area (Å²) in [5, 5.41) is 4.34. The number of hydrogen-bond donors (Lipinski definition) is 2. The smallest absolute Gasteiger partial charge is 0.268 e. The van der Waals surface area contributed by atoms with Crippen LogP contribution in [0.15, 0.2) is 12.1 Å². The second-order valence-corrected chi connectivity index (χ2v) is 6.30. The number of amides is 1. The number of aryl methyl sites for hydroxylation is 3. The van der Waals surface area contributed by atoms with Gasteiger partial charge in [-0.2, -0.15) is 0 Å². The van der Waals surface area contributed by atoms with Gasteiger partial charge in [-0.15, -0.1) is 0 Å². The Hall–Kier alpha value is -1.81. The van der Waals surface area contributed by atoms with Crippen LogP contribution in [0.25, 0.3) is 10.9 Å². The summed E-state index contributed by atoms with van der Waals surface area (Å²) in [4.78, 5) is 18.1. The van der Waals surface area contributed by atoms with Gasteiger partial charge in [0.05, 0.1) is 0 Å². The number of aromatic nitrogens is 1. The number of nitrogens with one attached hydrogen (secondary N) is 2. The normalized spacial score (nSPS) is 19.3. The SMILES string of the molecule is Cc1ccc(C)c2c(C)c(C(=O)N[C@@H]3CCN(C)C3)[nH]c12. The zero-order chi connectivity index (χ0) is 15.1. The molecule has 1 aromatic carbocycles. The molecule has 0 bridgehead atoms. The van der Waals surface area contributed by atoms with E-state index in [-0.39, 0.29) is 11.9 Å². The summed E-state index contributed by atoms with van der Waals surface area (Å²) in [6.45, 7) is 8.18. The number of hydrogen-bond acceptors (Lipinski definition) is 2. The van der Waals surface area contributed by atoms with Gasteiger partial charge in [0.1, 0.15) is 5.69 Å². The first-order valence-electron chi connectivity index (χ1n) is 7.55. The lowest BCUT2D eigenvalue weighted by molar-refractivity contribution is 0.0933. The van der Waals surface area contributed by atoms with Crippen molar-refractivity contribution in [1.29, 1.82) is 0 Å². The number of nitrogens with zero attached hydrogens (tertiary/aromatic N) is 1. The van der Waals surface area contributed by atoms with Crippen molar-refractivity contribution in [3.63, 3.8) is 0 Å². The highest BCUT2D eigenvalue weighted by Crippen LogP contribution is 2.27. The van der Waals surface area contributed by atoms with Gasteiger partial charge in [0.15, 0.2) is 0 Å². The Morgan fingerprint density at radius 3 is 2.62 bits per heavy atom. The van der Waals surface area contributed by atoms with Crippen LogP contribution in [0.2, 0.25) is 0 Å². The van der Waals surface area contributed by atoms with E-state index in [0.29, 0.717) is 5.69 Å². The Morgan fingerprint density at radius 2 is 2.00 bits per heavy atom. The molecule has 3 rings (SSSR count). The number of benzene rings is 1. The van der Waals surface area contributed by atoms with Gasteiger partial charge in [0.25, 0.3) is 5.91 Å². The standard InChI is InChI=1S/C17H23N3O/c1-10-5-6-11(2)15-14(10)12(3)16(19-15)17(21)18-13-7-8-20(4)9-13/h5-6,13,19H,7-9H2,1-4H3,(H,18,21)/t13-/m1/s1. The van der Waals surface area contributed by atoms with E-state index < -0.39 is 0 Å². The van der Waals surface area contributed by atoms with E-state index in [1.54, 1.807) is 0 Å². The minimum atomic E-state index is 0.0165. The first kappa shape index (κ1) is 14.1. The molecule has 112 valence electrons. The average Bonchev–Trinajstić information content (AvgIpc) is 2.99. The molecular formula is C17H23N3O. The first-order valence-corrected chi connectivity index (χ1v) is 7.55. The van der Waals surface area contributed by atoms with Crippen molar-refractivity contribution in [3.8, 4) is 0 Å². The summed E-state index contributed by atoms with van der Waals surface area (Å²) in [7, 11) is 2.09. The minimum absolute atomic E-state index is 0.0165. The lowest BCUT2D eigenvalue weighted by Gasteiger charge is -2.12. The van der Waals surface area contributed by atoms with Gasteiger partial charge >= 0.3 is 0 Å². The third-order valence-corrected chi connectivity index (χ3v) is 4.58. The highest BCUT2D eigenvalue weighted by molar-refractivity contribution is 6.02. The van der Waals surface area contributed by atoms with Crippen LogP contribution in [-0.2, 0) is 0 Å². The van der Waals surface area contributed by atoms with Gasteiger partial charge < -0.3 is 15.2 Å². The Labute approximate surface area is 125 Å². The molecule has 1 saturated heterocycles. The number of aromatic amines is 1. The number of carbonyl (C=O) groups is 1. The molecule has 1 aliphatic heterocycles. The molecule has 1 amide bonds. The fourth-order valence-electron chi connectivity index (χ4n) is 3.34.